The van der Waals surface area contributed by atoms with Gasteiger partial charge in [0.15, 0.2) is 0 Å². The highest BCUT2D eigenvalue weighted by Crippen LogP contribution is 2.26. The molecule has 0 spiro atoms. The number of nitrogens with two attached hydrogens (primary N) is 1. The maximum Gasteiger partial charge on any atom is 0.0973 e. The summed E-state index contributed by atoms with van der Waals surface area (Å²) in [5.41, 5.74) is 9.60. The van der Waals surface area contributed by atoms with Gasteiger partial charge >= 0.3 is 0 Å². The predicted octanol–water partition coefficient (Wildman–Crippen LogP) is 3.40. The van der Waals surface area contributed by atoms with Crippen LogP contribution in [0.15, 0.2) is 47.4 Å². The van der Waals surface area contributed by atoms with Crippen molar-refractivity contribution in [2.45, 2.75) is 25.3 Å². The van der Waals surface area contributed by atoms with Gasteiger partial charge in [-0.2, -0.15) is 0 Å². The van der Waals surface area contributed by atoms with Crippen LogP contribution in [-0.2, 0) is 6.42 Å². The molecule has 3 heteroatoms. The molecule has 1 aromatic heterocycles. The summed E-state index contributed by atoms with van der Waals surface area (Å²) >= 11 is 1.74. The summed E-state index contributed by atoms with van der Waals surface area (Å²) in [4.78, 5) is 4.71. The third kappa shape index (κ3) is 2.52. The van der Waals surface area contributed by atoms with Crippen molar-refractivity contribution in [2.75, 3.05) is 0 Å². The number of thiazole rings is 1. The van der Waals surface area contributed by atoms with Crippen molar-refractivity contribution in [1.29, 1.82) is 0 Å². The lowest BCUT2D eigenvalue weighted by Crippen LogP contribution is -2.11. The average Bonchev–Trinajstić information content (AvgIpc) is 3.01. The van der Waals surface area contributed by atoms with Gasteiger partial charge in [0, 0.05) is 23.4 Å². The van der Waals surface area contributed by atoms with E-state index < -0.39 is 0 Å². The monoisotopic (exact) mass is 256 g/mol. The molecule has 18 heavy (non-hydrogen) atoms. The van der Waals surface area contributed by atoms with Gasteiger partial charge in [0.05, 0.1) is 10.7 Å². The van der Waals surface area contributed by atoms with Crippen LogP contribution in [0.4, 0.5) is 0 Å². The van der Waals surface area contributed by atoms with E-state index in [2.05, 4.69) is 23.6 Å². The zero-order valence-electron chi connectivity index (χ0n) is 10.2. The van der Waals surface area contributed by atoms with Gasteiger partial charge in [0.2, 0.25) is 0 Å². The Hall–Kier alpha value is -1.45. The lowest BCUT2D eigenvalue weighted by Gasteiger charge is -1.97. The fourth-order valence-electron chi connectivity index (χ4n) is 2.30. The molecule has 0 radical (unpaired) electrons. The first-order chi connectivity index (χ1) is 8.81. The molecule has 0 saturated carbocycles. The molecule has 1 atom stereocenters. The third-order valence-corrected chi connectivity index (χ3v) is 4.10. The van der Waals surface area contributed by atoms with Gasteiger partial charge in [-0.05, 0) is 12.8 Å². The fourth-order valence-corrected chi connectivity index (χ4v) is 3.15. The number of aromatic nitrogens is 1. The molecule has 0 saturated heterocycles. The van der Waals surface area contributed by atoms with Crippen LogP contribution in [-0.4, -0.2) is 11.0 Å². The summed E-state index contributed by atoms with van der Waals surface area (Å²) in [5.74, 6) is 0. The lowest BCUT2D eigenvalue weighted by molar-refractivity contribution is 0.769. The number of nitrogens with zero attached hydrogens (tertiary/aromatic N) is 1. The SMILES string of the molecule is NC1C=C(Cc2nc(-c3ccccc3)cs2)CC1. The van der Waals surface area contributed by atoms with Gasteiger partial charge in [0.1, 0.15) is 0 Å². The van der Waals surface area contributed by atoms with Crippen LogP contribution in [0, 0.1) is 0 Å². The van der Waals surface area contributed by atoms with Crippen LogP contribution in [0.5, 0.6) is 0 Å². The molecule has 2 N–H and O–H groups in total. The molecule has 0 fully saturated rings. The van der Waals surface area contributed by atoms with Crippen molar-refractivity contribution in [2.24, 2.45) is 5.73 Å². The molecule has 92 valence electrons. The van der Waals surface area contributed by atoms with Crippen molar-refractivity contribution < 1.29 is 0 Å². The van der Waals surface area contributed by atoms with Crippen LogP contribution < -0.4 is 5.73 Å². The Labute approximate surface area is 111 Å². The van der Waals surface area contributed by atoms with Gasteiger partial charge in [0.25, 0.3) is 0 Å². The summed E-state index contributed by atoms with van der Waals surface area (Å²) in [7, 11) is 0. The van der Waals surface area contributed by atoms with Crippen LogP contribution in [0.1, 0.15) is 17.8 Å². The second-order valence-corrected chi connectivity index (χ2v) is 5.64. The van der Waals surface area contributed by atoms with E-state index in [1.807, 2.05) is 18.2 Å². The molecule has 2 nitrogen and oxygen atoms in total. The highest BCUT2D eigenvalue weighted by Gasteiger charge is 2.13. The van der Waals surface area contributed by atoms with Gasteiger partial charge in [-0.3, -0.25) is 0 Å². The third-order valence-electron chi connectivity index (χ3n) is 3.25. The highest BCUT2D eigenvalue weighted by molar-refractivity contribution is 7.10. The van der Waals surface area contributed by atoms with Crippen LogP contribution >= 0.6 is 11.3 Å². The molecule has 1 heterocycles. The lowest BCUT2D eigenvalue weighted by atomic mass is 10.1. The second-order valence-electron chi connectivity index (χ2n) is 4.70. The van der Waals surface area contributed by atoms with Crippen LogP contribution in [0.2, 0.25) is 0 Å². The average molecular weight is 256 g/mol. The minimum atomic E-state index is 0.258. The second kappa shape index (κ2) is 5.04. The fraction of sp³-hybridized carbons (Fsp3) is 0.267. The summed E-state index contributed by atoms with van der Waals surface area (Å²) in [5, 5.41) is 3.33. The number of benzene rings is 1. The Morgan fingerprint density at radius 2 is 2.11 bits per heavy atom. The summed E-state index contributed by atoms with van der Waals surface area (Å²) < 4.78 is 0. The van der Waals surface area contributed by atoms with Crippen molar-refractivity contribution in [3.05, 3.63) is 52.4 Å². The minimum absolute atomic E-state index is 0.258. The Kier molecular flexibility index (Phi) is 3.26. The smallest absolute Gasteiger partial charge is 0.0973 e. The van der Waals surface area contributed by atoms with Crippen molar-refractivity contribution in [3.63, 3.8) is 0 Å². The standard InChI is InChI=1S/C15H16N2S/c16-13-7-6-11(8-13)9-15-17-14(10-18-15)12-4-2-1-3-5-12/h1-5,8,10,13H,6-7,9,16H2. The van der Waals surface area contributed by atoms with E-state index in [1.165, 1.54) is 16.1 Å². The number of allylic oxidation sites excluding steroid dienone is 1. The molecule has 1 aromatic carbocycles. The van der Waals surface area contributed by atoms with E-state index in [1.54, 1.807) is 11.3 Å². The topological polar surface area (TPSA) is 38.9 Å². The van der Waals surface area contributed by atoms with E-state index >= 15 is 0 Å². The number of rotatable bonds is 3. The van der Waals surface area contributed by atoms with Gasteiger partial charge in [-0.1, -0.05) is 42.0 Å². The van der Waals surface area contributed by atoms with Crippen molar-refractivity contribution in [1.82, 2.24) is 4.98 Å². The summed E-state index contributed by atoms with van der Waals surface area (Å²) in [6.07, 6.45) is 5.38. The number of hydrogen-bond donors (Lipinski definition) is 1. The molecule has 1 aliphatic carbocycles. The molecule has 0 amide bonds. The highest BCUT2D eigenvalue weighted by atomic mass is 32.1. The number of hydrogen-bond acceptors (Lipinski definition) is 3. The first-order valence-electron chi connectivity index (χ1n) is 6.26. The Balaban J connectivity index is 1.76. The van der Waals surface area contributed by atoms with E-state index in [0.717, 1.165) is 25.0 Å². The molecule has 2 aromatic rings. The zero-order valence-corrected chi connectivity index (χ0v) is 11.0. The summed E-state index contributed by atoms with van der Waals surface area (Å²) in [6.45, 7) is 0. The van der Waals surface area contributed by atoms with E-state index in [4.69, 9.17) is 10.7 Å². The van der Waals surface area contributed by atoms with Crippen molar-refractivity contribution in [3.8, 4) is 11.3 Å². The predicted molar refractivity (Wildman–Crippen MR) is 76.5 cm³/mol. The molecule has 3 rings (SSSR count). The van der Waals surface area contributed by atoms with Crippen LogP contribution in [0.3, 0.4) is 0 Å². The first-order valence-corrected chi connectivity index (χ1v) is 7.14. The Bertz CT molecular complexity index is 557. The van der Waals surface area contributed by atoms with Crippen LogP contribution in [0.25, 0.3) is 11.3 Å². The molecule has 1 unspecified atom stereocenters. The van der Waals surface area contributed by atoms with E-state index in [-0.39, 0.29) is 6.04 Å². The maximum atomic E-state index is 5.88. The maximum absolute atomic E-state index is 5.88. The Morgan fingerprint density at radius 3 is 2.83 bits per heavy atom. The first kappa shape index (κ1) is 11.6. The normalized spacial score (nSPS) is 18.9. The Morgan fingerprint density at radius 1 is 1.28 bits per heavy atom. The molecule has 0 bridgehead atoms. The summed E-state index contributed by atoms with van der Waals surface area (Å²) in [6, 6.07) is 10.6. The van der Waals surface area contributed by atoms with E-state index in [9.17, 15) is 0 Å². The molecule has 0 aliphatic heterocycles. The zero-order chi connectivity index (χ0) is 12.4. The van der Waals surface area contributed by atoms with Gasteiger partial charge < -0.3 is 5.73 Å². The van der Waals surface area contributed by atoms with Gasteiger partial charge in [-0.15, -0.1) is 11.3 Å². The molecule has 1 aliphatic rings. The van der Waals surface area contributed by atoms with Crippen molar-refractivity contribution >= 4 is 11.3 Å². The van der Waals surface area contributed by atoms with E-state index in [0.29, 0.717) is 0 Å². The van der Waals surface area contributed by atoms with Gasteiger partial charge in [-0.25, -0.2) is 4.98 Å². The minimum Gasteiger partial charge on any atom is -0.324 e. The molecular weight excluding hydrogens is 240 g/mol. The quantitative estimate of drug-likeness (QED) is 0.855. The molecular formula is C15H16N2S. The largest absolute Gasteiger partial charge is 0.324 e.